The number of ketones is 2. The van der Waals surface area contributed by atoms with Crippen LogP contribution in [0.2, 0.25) is 10.0 Å². The molecule has 1 aliphatic rings. The molecule has 13 N–H and O–H groups in total. The predicted molar refractivity (Wildman–Crippen MR) is 561 cm³/mol. The number of benzene rings is 10. The SMILES string of the molecule is CC(=O)c1ccc2c(c1)nc(Nc1cccc(C)c1)c1nc(N)ncc12.CC(=O)c1ccc2c(c1)nc(Nc1cccc(Cl)c1)c1nc(CC(C)C)ncc12.CC(F)(F)c1cccc(Nc2nc3cc(C(=O)O)ccc3c3cnc(NC4CC4)nc23)c1.CCNc1ncc2c(n1)c(Nc1cccc(C)c1)nc1cc(C(=O)O)ccc12.CNc1ncc2c(n1)c(Nc1ccc(C)c(Cl)c1)nc1cc(C(=O)O)ccc12. The van der Waals surface area contributed by atoms with Crippen LogP contribution in [-0.2, 0) is 12.3 Å². The highest BCUT2D eigenvalue weighted by Gasteiger charge is 2.28. The highest BCUT2D eigenvalue weighted by molar-refractivity contribution is 6.32. The molecular weight excluding hydrogens is 1860 g/mol. The number of carbonyl (C=O) groups excluding carboxylic acids is 2. The number of halogens is 4. The highest BCUT2D eigenvalue weighted by atomic mass is 35.5. The maximum atomic E-state index is 13.8. The molecule has 0 unspecified atom stereocenters. The van der Waals surface area contributed by atoms with Crippen LogP contribution in [0.15, 0.2) is 237 Å². The first-order valence-electron chi connectivity index (χ1n) is 45.4. The van der Waals surface area contributed by atoms with Crippen LogP contribution in [0.25, 0.3) is 109 Å². The van der Waals surface area contributed by atoms with Crippen LogP contribution in [-0.4, -0.2) is 139 Å². The Bertz CT molecular complexity index is 8460. The number of carboxylic acid groups (broad SMARTS) is 3. The molecule has 10 heterocycles. The number of nitrogens with zero attached hydrogens (tertiary/aromatic N) is 15. The van der Waals surface area contributed by atoms with Crippen LogP contribution >= 0.6 is 23.2 Å². The summed E-state index contributed by atoms with van der Waals surface area (Å²) in [4.78, 5) is 126. The number of Topliss-reactive ketones (excluding diaryl/α,β-unsaturated/α-hetero) is 2. The number of nitrogens with one attached hydrogen (secondary N) is 8. The maximum Gasteiger partial charge on any atom is 0.335 e. The van der Waals surface area contributed by atoms with Gasteiger partial charge in [-0.2, -0.15) is 0 Å². The number of aromatic nitrogens is 15. The fourth-order valence-corrected chi connectivity index (χ4v) is 16.2. The zero-order valence-corrected chi connectivity index (χ0v) is 80.2. The lowest BCUT2D eigenvalue weighted by atomic mass is 10.1. The molecule has 10 aromatic carbocycles. The topological polar surface area (TPSA) is 462 Å². The number of alkyl halides is 2. The number of rotatable bonds is 23. The molecular formula is C107H92Cl2F2N24O8. The molecule has 21 rings (SSSR count). The summed E-state index contributed by atoms with van der Waals surface area (Å²) < 4.78 is 27.6. The number of aromatic carboxylic acids is 3. The largest absolute Gasteiger partial charge is 0.478 e. The van der Waals surface area contributed by atoms with Crippen LogP contribution in [0.1, 0.15) is 134 Å². The second-order valence-electron chi connectivity index (χ2n) is 34.5. The molecule has 0 bridgehead atoms. The summed E-state index contributed by atoms with van der Waals surface area (Å²) >= 11 is 12.4. The first-order valence-corrected chi connectivity index (χ1v) is 46.1. The number of carbonyl (C=O) groups is 5. The maximum absolute atomic E-state index is 13.8. The molecule has 10 aromatic heterocycles. The Balaban J connectivity index is 0.000000123. The molecule has 0 spiro atoms. The van der Waals surface area contributed by atoms with E-state index in [0.29, 0.717) is 147 Å². The van der Waals surface area contributed by atoms with Gasteiger partial charge in [0.2, 0.25) is 23.8 Å². The van der Waals surface area contributed by atoms with Gasteiger partial charge in [-0.05, 0) is 192 Å². The molecule has 143 heavy (non-hydrogen) atoms. The first-order chi connectivity index (χ1) is 68.7. The van der Waals surface area contributed by atoms with Gasteiger partial charge >= 0.3 is 17.9 Å². The van der Waals surface area contributed by atoms with Gasteiger partial charge in [-0.25, -0.2) is 97.9 Å². The van der Waals surface area contributed by atoms with Crippen molar-refractivity contribution < 1.29 is 48.1 Å². The van der Waals surface area contributed by atoms with Crippen molar-refractivity contribution in [1.82, 2.24) is 74.8 Å². The van der Waals surface area contributed by atoms with E-state index >= 15 is 0 Å². The zero-order chi connectivity index (χ0) is 101. The number of fused-ring (bicyclic) bond motifs is 15. The Morgan fingerprint density at radius 3 is 1.17 bits per heavy atom. The summed E-state index contributed by atoms with van der Waals surface area (Å²) in [6.45, 7) is 16.9. The smallest absolute Gasteiger partial charge is 0.335 e. The standard InChI is InChI=1S/C23H21ClN4O.C23H19F2N5O2.C21H19N5O2.C20H16ClN5O2.C20H17N5O/c1-13(2)9-21-25-12-19-18-8-7-15(14(3)29)10-20(18)27-23(22(19)28-21)26-17-6-4-5-16(24)11-17;1-23(24,25)13-3-2-4-15(10-13)27-20-19-17(11-26-22(30-19)28-14-6-7-14)16-8-5-12(21(31)32)9-18(16)29-20;1-3-22-21-23-11-16-15-8-7-13(20(27)28)10-17(15)25-19(18(16)26-21)24-14-6-4-5-12(2)9-14;1-10-3-5-12(8-15(10)21)24-18-17-14(9-23-20(22-2)26-17)13-6-4-11(19(27)28)7-16(13)25-18;1-11-4-3-5-14(8-11)23-19-18-16(10-22-20(21)25-18)15-7-6-13(12(2)26)9-17(15)24-19/h4-8,10-13H,9H2,1-3H3,(H,26,27);2-5,8-11,14H,6-7H2,1H3,(H,27,29)(H,31,32)(H,26,28,30);4-11H,3H2,1-2H3,(H,24,25)(H,27,28)(H,22,23,26);3-9H,1-2H3,(H,24,25)(H,27,28)(H,22,23,26);3-10H,1-2H3,(H,23,24)(H2,21,22,25). The van der Waals surface area contributed by atoms with E-state index < -0.39 is 23.8 Å². The lowest BCUT2D eigenvalue weighted by Gasteiger charge is -2.15. The number of nitrogens with two attached hydrogens (primary N) is 1. The average molecular weight is 1950 g/mol. The van der Waals surface area contributed by atoms with Crippen molar-refractivity contribution >= 4 is 243 Å². The van der Waals surface area contributed by atoms with Gasteiger partial charge in [0.15, 0.2) is 40.7 Å². The lowest BCUT2D eigenvalue weighted by Crippen LogP contribution is -2.08. The fraction of sp³-hybridized carbons (Fsp3) is 0.159. The Kier molecular flexibility index (Phi) is 28.2. The molecule has 20 aromatic rings. The third kappa shape index (κ3) is 22.5. The highest BCUT2D eigenvalue weighted by Crippen LogP contribution is 2.40. The van der Waals surface area contributed by atoms with Crippen LogP contribution in [0.3, 0.4) is 0 Å². The molecule has 716 valence electrons. The van der Waals surface area contributed by atoms with Crippen molar-refractivity contribution in [2.24, 2.45) is 5.92 Å². The Morgan fingerprint density at radius 1 is 0.413 bits per heavy atom. The van der Waals surface area contributed by atoms with Gasteiger partial charge in [0.05, 0.1) is 44.3 Å². The minimum atomic E-state index is -2.99. The van der Waals surface area contributed by atoms with Crippen molar-refractivity contribution in [2.45, 2.75) is 93.5 Å². The number of carboxylic acids is 3. The second kappa shape index (κ2) is 41.6. The van der Waals surface area contributed by atoms with Crippen molar-refractivity contribution in [2.75, 3.05) is 61.9 Å². The van der Waals surface area contributed by atoms with Gasteiger partial charge in [-0.3, -0.25) is 9.59 Å². The van der Waals surface area contributed by atoms with Crippen molar-refractivity contribution in [3.05, 3.63) is 303 Å². The number of pyridine rings is 5. The molecule has 1 saturated carbocycles. The van der Waals surface area contributed by atoms with Crippen LogP contribution in [0, 0.1) is 26.7 Å². The van der Waals surface area contributed by atoms with Crippen LogP contribution in [0.5, 0.6) is 0 Å². The van der Waals surface area contributed by atoms with Gasteiger partial charge in [-0.15, -0.1) is 0 Å². The molecule has 36 heteroatoms. The number of hydrogen-bond acceptors (Lipinski definition) is 29. The van der Waals surface area contributed by atoms with E-state index in [1.165, 1.54) is 43.3 Å². The molecule has 32 nitrogen and oxygen atoms in total. The predicted octanol–water partition coefficient (Wildman–Crippen LogP) is 24.3. The van der Waals surface area contributed by atoms with Crippen molar-refractivity contribution in [1.29, 1.82) is 0 Å². The summed E-state index contributed by atoms with van der Waals surface area (Å²) in [5.41, 5.74) is 20.5. The Labute approximate surface area is 825 Å². The minimum Gasteiger partial charge on any atom is -0.478 e. The average Bonchev–Trinajstić information content (AvgIpc) is 1.73. The molecule has 0 saturated heterocycles. The zero-order valence-electron chi connectivity index (χ0n) is 78.7. The van der Waals surface area contributed by atoms with E-state index in [4.69, 9.17) is 43.9 Å². The molecule has 1 aliphatic carbocycles. The molecule has 0 amide bonds. The third-order valence-electron chi connectivity index (χ3n) is 23.1. The second-order valence-corrected chi connectivity index (χ2v) is 35.3. The Morgan fingerprint density at radius 2 is 0.776 bits per heavy atom. The van der Waals surface area contributed by atoms with Crippen LogP contribution < -0.4 is 48.3 Å². The summed E-state index contributed by atoms with van der Waals surface area (Å²) in [5, 5.41) is 62.8. The number of hydrogen-bond donors (Lipinski definition) is 12. The quantitative estimate of drug-likeness (QED) is 0.0209. The van der Waals surface area contributed by atoms with Gasteiger partial charge in [0.25, 0.3) is 5.92 Å². The summed E-state index contributed by atoms with van der Waals surface area (Å²) in [7, 11) is 1.74. The molecule has 1 fully saturated rings. The minimum absolute atomic E-state index is 0.00155. The molecule has 0 radical (unpaired) electrons. The fourth-order valence-electron chi connectivity index (χ4n) is 15.8. The summed E-state index contributed by atoms with van der Waals surface area (Å²) in [6, 6.07) is 60.6. The van der Waals surface area contributed by atoms with Gasteiger partial charge < -0.3 is 63.6 Å². The van der Waals surface area contributed by atoms with Crippen molar-refractivity contribution in [3.63, 3.8) is 0 Å². The summed E-state index contributed by atoms with van der Waals surface area (Å²) in [5.74, 6) is -0.648. The lowest BCUT2D eigenvalue weighted by molar-refractivity contribution is 0.0174. The number of anilines is 14. The van der Waals surface area contributed by atoms with E-state index in [2.05, 4.69) is 116 Å². The van der Waals surface area contributed by atoms with E-state index in [9.17, 15) is 48.1 Å². The first kappa shape index (κ1) is 97.0. The van der Waals surface area contributed by atoms with Gasteiger partial charge in [-0.1, -0.05) is 128 Å². The van der Waals surface area contributed by atoms with E-state index in [1.807, 2.05) is 149 Å². The molecule has 0 atom stereocenters. The third-order valence-corrected chi connectivity index (χ3v) is 23.7. The van der Waals surface area contributed by atoms with Gasteiger partial charge in [0, 0.05) is 173 Å². The monoisotopic (exact) mass is 1950 g/mol. The van der Waals surface area contributed by atoms with E-state index in [0.717, 1.165) is 126 Å². The van der Waals surface area contributed by atoms with E-state index in [-0.39, 0.29) is 39.8 Å². The van der Waals surface area contributed by atoms with Crippen molar-refractivity contribution in [3.8, 4) is 0 Å². The Hall–Kier alpha value is -17.7. The number of aryl methyl sites for hydroxylation is 3. The normalized spacial score (nSPS) is 11.7. The van der Waals surface area contributed by atoms with Gasteiger partial charge in [0.1, 0.15) is 33.4 Å². The number of nitrogen functional groups attached to an aromatic ring is 1. The molecule has 0 aliphatic heterocycles. The van der Waals surface area contributed by atoms with E-state index in [1.54, 1.807) is 93.4 Å². The summed E-state index contributed by atoms with van der Waals surface area (Å²) in [6.07, 6.45) is 11.5. The van der Waals surface area contributed by atoms with Crippen LogP contribution in [0.4, 0.5) is 90.1 Å².